The Morgan fingerprint density at radius 1 is 1.36 bits per heavy atom. The zero-order valence-corrected chi connectivity index (χ0v) is 14.2. The lowest BCUT2D eigenvalue weighted by Gasteiger charge is -2.28. The van der Waals surface area contributed by atoms with Crippen LogP contribution in [0.2, 0.25) is 0 Å². The Labute approximate surface area is 143 Å². The number of nitrogens with zero attached hydrogens (tertiary/aromatic N) is 1. The molecule has 0 aromatic carbocycles. The number of nitrogens with one attached hydrogen (secondary N) is 2. The SMILES string of the molecule is COc1ccncc1NC(=O)CC1CC2CCC(C1)N2.Cl.Cl. The van der Waals surface area contributed by atoms with Crippen LogP contribution in [0.15, 0.2) is 18.5 Å². The van der Waals surface area contributed by atoms with Gasteiger partial charge in [-0.1, -0.05) is 0 Å². The number of halogens is 2. The van der Waals surface area contributed by atoms with Crippen LogP contribution in [0.5, 0.6) is 5.75 Å². The third kappa shape index (κ3) is 4.48. The largest absolute Gasteiger partial charge is 0.494 e. The van der Waals surface area contributed by atoms with Crippen molar-refractivity contribution in [2.75, 3.05) is 12.4 Å². The summed E-state index contributed by atoms with van der Waals surface area (Å²) in [6, 6.07) is 3.00. The lowest BCUT2D eigenvalue weighted by Crippen LogP contribution is -2.39. The summed E-state index contributed by atoms with van der Waals surface area (Å²) in [4.78, 5) is 16.2. The van der Waals surface area contributed by atoms with Crippen molar-refractivity contribution in [1.82, 2.24) is 10.3 Å². The Morgan fingerprint density at radius 2 is 2.05 bits per heavy atom. The molecule has 2 N–H and O–H groups in total. The molecule has 0 radical (unpaired) electrons. The van der Waals surface area contributed by atoms with E-state index in [-0.39, 0.29) is 30.7 Å². The van der Waals surface area contributed by atoms with Gasteiger partial charge in [0.05, 0.1) is 13.3 Å². The second kappa shape index (κ2) is 8.56. The molecular formula is C15H23Cl2N3O2. The Bertz CT molecular complexity index is 489. The molecule has 2 atom stereocenters. The average molecular weight is 348 g/mol. The fraction of sp³-hybridized carbons (Fsp3) is 0.600. The van der Waals surface area contributed by atoms with Gasteiger partial charge >= 0.3 is 0 Å². The van der Waals surface area contributed by atoms with Gasteiger partial charge in [0.25, 0.3) is 0 Å². The molecule has 7 heteroatoms. The molecule has 0 aliphatic carbocycles. The molecule has 124 valence electrons. The van der Waals surface area contributed by atoms with Crippen molar-refractivity contribution < 1.29 is 9.53 Å². The number of hydrogen-bond donors (Lipinski definition) is 2. The lowest BCUT2D eigenvalue weighted by molar-refractivity contribution is -0.117. The number of rotatable bonds is 4. The van der Waals surface area contributed by atoms with Gasteiger partial charge < -0.3 is 15.4 Å². The molecule has 2 aliphatic rings. The van der Waals surface area contributed by atoms with E-state index in [0.717, 1.165) is 12.8 Å². The molecule has 1 aromatic rings. The van der Waals surface area contributed by atoms with Gasteiger partial charge in [0.15, 0.2) is 0 Å². The molecular weight excluding hydrogens is 325 g/mol. The molecule has 2 unspecified atom stereocenters. The van der Waals surface area contributed by atoms with Crippen LogP contribution in [0.4, 0.5) is 5.69 Å². The first-order valence-electron chi connectivity index (χ1n) is 7.28. The highest BCUT2D eigenvalue weighted by atomic mass is 35.5. The van der Waals surface area contributed by atoms with E-state index in [0.29, 0.717) is 35.9 Å². The molecule has 2 saturated heterocycles. The van der Waals surface area contributed by atoms with Gasteiger partial charge in [-0.2, -0.15) is 0 Å². The number of fused-ring (bicyclic) bond motifs is 2. The maximum Gasteiger partial charge on any atom is 0.224 e. The van der Waals surface area contributed by atoms with Crippen molar-refractivity contribution in [3.63, 3.8) is 0 Å². The number of anilines is 1. The molecule has 0 saturated carbocycles. The summed E-state index contributed by atoms with van der Waals surface area (Å²) in [6.45, 7) is 0. The summed E-state index contributed by atoms with van der Waals surface area (Å²) in [7, 11) is 1.59. The number of methoxy groups -OCH3 is 1. The van der Waals surface area contributed by atoms with Gasteiger partial charge in [0.2, 0.25) is 5.91 Å². The number of aromatic nitrogens is 1. The van der Waals surface area contributed by atoms with Crippen LogP contribution in [0.3, 0.4) is 0 Å². The van der Waals surface area contributed by atoms with Crippen molar-refractivity contribution in [3.8, 4) is 5.75 Å². The van der Waals surface area contributed by atoms with Gasteiger partial charge in [-0.3, -0.25) is 9.78 Å². The first kappa shape index (κ1) is 19.0. The molecule has 1 amide bonds. The second-order valence-electron chi connectivity index (χ2n) is 5.80. The summed E-state index contributed by atoms with van der Waals surface area (Å²) in [5.41, 5.74) is 0.650. The number of pyridine rings is 1. The van der Waals surface area contributed by atoms with Gasteiger partial charge in [0.1, 0.15) is 11.4 Å². The fourth-order valence-electron chi connectivity index (χ4n) is 3.46. The Balaban J connectivity index is 0.00000121. The number of carbonyl (C=O) groups is 1. The van der Waals surface area contributed by atoms with E-state index in [4.69, 9.17) is 4.74 Å². The van der Waals surface area contributed by atoms with Crippen molar-refractivity contribution in [2.45, 2.75) is 44.2 Å². The Kier molecular flexibility index (Phi) is 7.39. The number of amides is 1. The van der Waals surface area contributed by atoms with Crippen LogP contribution in [0, 0.1) is 5.92 Å². The highest BCUT2D eigenvalue weighted by molar-refractivity contribution is 5.92. The van der Waals surface area contributed by atoms with E-state index >= 15 is 0 Å². The highest BCUT2D eigenvalue weighted by Crippen LogP contribution is 2.33. The predicted octanol–water partition coefficient (Wildman–Crippen LogP) is 2.79. The third-order valence-electron chi connectivity index (χ3n) is 4.32. The standard InChI is InChI=1S/C15H21N3O2.2ClH/c1-20-14-4-5-16-9-13(14)18-15(19)8-10-6-11-2-3-12(7-10)17-11;;/h4-5,9-12,17H,2-3,6-8H2,1H3,(H,18,19);2*1H. The van der Waals surface area contributed by atoms with E-state index in [9.17, 15) is 4.79 Å². The molecule has 3 heterocycles. The topological polar surface area (TPSA) is 63.2 Å². The molecule has 1 aromatic heterocycles. The highest BCUT2D eigenvalue weighted by Gasteiger charge is 2.34. The summed E-state index contributed by atoms with van der Waals surface area (Å²) < 4.78 is 5.22. The van der Waals surface area contributed by atoms with E-state index in [2.05, 4.69) is 15.6 Å². The first-order chi connectivity index (χ1) is 9.74. The molecule has 2 aliphatic heterocycles. The molecule has 2 fully saturated rings. The Hall–Kier alpha value is -1.04. The predicted molar refractivity (Wildman–Crippen MR) is 91.2 cm³/mol. The minimum atomic E-state index is 0. The van der Waals surface area contributed by atoms with E-state index < -0.39 is 0 Å². The summed E-state index contributed by atoms with van der Waals surface area (Å²) in [5.74, 6) is 1.21. The number of piperidine rings is 1. The molecule has 2 bridgehead atoms. The van der Waals surface area contributed by atoms with Crippen molar-refractivity contribution >= 4 is 36.4 Å². The number of ether oxygens (including phenoxy) is 1. The molecule has 22 heavy (non-hydrogen) atoms. The summed E-state index contributed by atoms with van der Waals surface area (Å²) >= 11 is 0. The van der Waals surface area contributed by atoms with Crippen LogP contribution >= 0.6 is 24.8 Å². The quantitative estimate of drug-likeness (QED) is 0.878. The third-order valence-corrected chi connectivity index (χ3v) is 4.32. The van der Waals surface area contributed by atoms with Crippen LogP contribution in [0.25, 0.3) is 0 Å². The number of carbonyl (C=O) groups excluding carboxylic acids is 1. The minimum absolute atomic E-state index is 0. The number of hydrogen-bond acceptors (Lipinski definition) is 4. The van der Waals surface area contributed by atoms with Crippen molar-refractivity contribution in [1.29, 1.82) is 0 Å². The Morgan fingerprint density at radius 3 is 2.68 bits per heavy atom. The van der Waals surface area contributed by atoms with Gasteiger partial charge in [-0.15, -0.1) is 24.8 Å². The average Bonchev–Trinajstić information content (AvgIpc) is 2.78. The van der Waals surface area contributed by atoms with E-state index in [1.54, 1.807) is 25.6 Å². The van der Waals surface area contributed by atoms with E-state index in [1.807, 2.05) is 0 Å². The maximum atomic E-state index is 12.2. The first-order valence-corrected chi connectivity index (χ1v) is 7.28. The van der Waals surface area contributed by atoms with Gasteiger partial charge in [0, 0.05) is 30.8 Å². The van der Waals surface area contributed by atoms with Crippen LogP contribution < -0.4 is 15.4 Å². The zero-order chi connectivity index (χ0) is 13.9. The molecule has 3 rings (SSSR count). The molecule has 0 spiro atoms. The van der Waals surface area contributed by atoms with Crippen molar-refractivity contribution in [3.05, 3.63) is 18.5 Å². The monoisotopic (exact) mass is 347 g/mol. The summed E-state index contributed by atoms with van der Waals surface area (Å²) in [6.07, 6.45) is 8.63. The minimum Gasteiger partial charge on any atom is -0.494 e. The van der Waals surface area contributed by atoms with Crippen LogP contribution in [-0.4, -0.2) is 30.1 Å². The van der Waals surface area contributed by atoms with Crippen LogP contribution in [-0.2, 0) is 4.79 Å². The van der Waals surface area contributed by atoms with E-state index in [1.165, 1.54) is 12.8 Å². The van der Waals surface area contributed by atoms with Crippen LogP contribution in [0.1, 0.15) is 32.1 Å². The molecule has 5 nitrogen and oxygen atoms in total. The normalized spacial score (nSPS) is 25.6. The maximum absolute atomic E-state index is 12.2. The second-order valence-corrected chi connectivity index (χ2v) is 5.80. The fourth-order valence-corrected chi connectivity index (χ4v) is 3.46. The summed E-state index contributed by atoms with van der Waals surface area (Å²) in [5, 5.41) is 6.51. The van der Waals surface area contributed by atoms with Gasteiger partial charge in [-0.25, -0.2) is 0 Å². The van der Waals surface area contributed by atoms with Gasteiger partial charge in [-0.05, 0) is 31.6 Å². The lowest BCUT2D eigenvalue weighted by atomic mass is 9.89. The zero-order valence-electron chi connectivity index (χ0n) is 12.6. The smallest absolute Gasteiger partial charge is 0.224 e. The van der Waals surface area contributed by atoms with Crippen molar-refractivity contribution in [2.24, 2.45) is 5.92 Å².